The molecule has 0 radical (unpaired) electrons. The Bertz CT molecular complexity index is 408. The minimum Gasteiger partial charge on any atom is -0.432 e. The van der Waals surface area contributed by atoms with E-state index in [0.29, 0.717) is 6.61 Å². The molecule has 1 aromatic carbocycles. The molecule has 0 amide bonds. The first kappa shape index (κ1) is 11.1. The highest BCUT2D eigenvalue weighted by atomic mass is 32.5. The Labute approximate surface area is 95.0 Å². The zero-order valence-corrected chi connectivity index (χ0v) is 10.5. The van der Waals surface area contributed by atoms with Crippen LogP contribution < -0.4 is 9.61 Å². The molecule has 0 aliphatic carbocycles. The van der Waals surface area contributed by atoms with Crippen molar-refractivity contribution in [3.63, 3.8) is 0 Å². The molecular formula is C10H14NO2PS. The third-order valence-electron chi connectivity index (χ3n) is 2.00. The second kappa shape index (κ2) is 4.22. The van der Waals surface area contributed by atoms with Crippen molar-refractivity contribution in [2.45, 2.75) is 26.5 Å². The summed E-state index contributed by atoms with van der Waals surface area (Å²) in [4.78, 5) is 0. The summed E-state index contributed by atoms with van der Waals surface area (Å²) in [7, 11) is 0. The van der Waals surface area contributed by atoms with E-state index in [9.17, 15) is 0 Å². The molecule has 0 spiro atoms. The SMILES string of the molecule is CC(C)NP1(=S)OCc2ccccc2O1. The number of hydrogen-bond acceptors (Lipinski definition) is 3. The van der Waals surface area contributed by atoms with Gasteiger partial charge in [0.05, 0.1) is 6.61 Å². The van der Waals surface area contributed by atoms with Crippen molar-refractivity contribution in [1.29, 1.82) is 0 Å². The lowest BCUT2D eigenvalue weighted by Crippen LogP contribution is -2.25. The molecular weight excluding hydrogens is 229 g/mol. The average molecular weight is 243 g/mol. The Kier molecular flexibility index (Phi) is 3.12. The molecule has 0 bridgehead atoms. The Morgan fingerprint density at radius 1 is 1.40 bits per heavy atom. The third-order valence-corrected chi connectivity index (χ3v) is 4.59. The molecule has 5 heteroatoms. The standard InChI is InChI=1S/C10H14NO2PS/c1-8(2)11-14(15)12-7-9-5-3-4-6-10(9)13-14/h3-6,8H,7H2,1-2H3,(H,11,15). The molecule has 1 atom stereocenters. The molecule has 3 nitrogen and oxygen atoms in total. The van der Waals surface area contributed by atoms with Crippen LogP contribution in [0.5, 0.6) is 5.75 Å². The van der Waals surface area contributed by atoms with Crippen molar-refractivity contribution < 1.29 is 9.05 Å². The zero-order chi connectivity index (χ0) is 10.9. The van der Waals surface area contributed by atoms with Gasteiger partial charge in [-0.3, -0.25) is 0 Å². The van der Waals surface area contributed by atoms with Crippen molar-refractivity contribution >= 4 is 18.4 Å². The van der Waals surface area contributed by atoms with Gasteiger partial charge in [0.2, 0.25) is 0 Å². The van der Waals surface area contributed by atoms with Gasteiger partial charge in [0.1, 0.15) is 5.75 Å². The van der Waals surface area contributed by atoms with E-state index in [1.54, 1.807) is 0 Å². The molecule has 0 saturated carbocycles. The van der Waals surface area contributed by atoms with Gasteiger partial charge < -0.3 is 9.05 Å². The summed E-state index contributed by atoms with van der Waals surface area (Å²) in [5, 5.41) is 3.18. The lowest BCUT2D eigenvalue weighted by atomic mass is 10.2. The summed E-state index contributed by atoms with van der Waals surface area (Å²) in [6, 6.07) is 8.10. The van der Waals surface area contributed by atoms with Crippen LogP contribution in [-0.2, 0) is 22.9 Å². The molecule has 1 N–H and O–H groups in total. The van der Waals surface area contributed by atoms with E-state index in [2.05, 4.69) is 5.09 Å². The monoisotopic (exact) mass is 243 g/mol. The van der Waals surface area contributed by atoms with E-state index in [1.807, 2.05) is 38.1 Å². The predicted octanol–water partition coefficient (Wildman–Crippen LogP) is 2.82. The van der Waals surface area contributed by atoms with Crippen LogP contribution in [0, 0.1) is 0 Å². The van der Waals surface area contributed by atoms with Gasteiger partial charge in [-0.05, 0) is 31.7 Å². The van der Waals surface area contributed by atoms with Crippen LogP contribution in [0.25, 0.3) is 0 Å². The normalized spacial score (nSPS) is 24.7. The van der Waals surface area contributed by atoms with E-state index in [-0.39, 0.29) is 6.04 Å². The maximum absolute atomic E-state index is 5.72. The molecule has 15 heavy (non-hydrogen) atoms. The highest BCUT2D eigenvalue weighted by Crippen LogP contribution is 2.50. The number of hydrogen-bond donors (Lipinski definition) is 1. The highest BCUT2D eigenvalue weighted by molar-refractivity contribution is 8.09. The van der Waals surface area contributed by atoms with Crippen LogP contribution in [0.4, 0.5) is 0 Å². The average Bonchev–Trinajstić information content (AvgIpc) is 2.15. The zero-order valence-electron chi connectivity index (χ0n) is 8.77. The van der Waals surface area contributed by atoms with Crippen LogP contribution in [-0.4, -0.2) is 6.04 Å². The predicted molar refractivity (Wildman–Crippen MR) is 64.4 cm³/mol. The Morgan fingerprint density at radius 3 is 2.87 bits per heavy atom. The van der Waals surface area contributed by atoms with Gasteiger partial charge in [-0.15, -0.1) is 0 Å². The summed E-state index contributed by atoms with van der Waals surface area (Å²) in [5.41, 5.74) is 1.06. The van der Waals surface area contributed by atoms with Crippen molar-refractivity contribution in [3.05, 3.63) is 29.8 Å². The summed E-state index contributed by atoms with van der Waals surface area (Å²) in [6.45, 7) is 2.27. The maximum Gasteiger partial charge on any atom is 0.313 e. The largest absolute Gasteiger partial charge is 0.432 e. The summed E-state index contributed by atoms with van der Waals surface area (Å²) in [5.74, 6) is 0.847. The molecule has 82 valence electrons. The smallest absolute Gasteiger partial charge is 0.313 e. The molecule has 0 fully saturated rings. The topological polar surface area (TPSA) is 30.5 Å². The minimum atomic E-state index is -2.32. The van der Waals surface area contributed by atoms with E-state index in [1.165, 1.54) is 0 Å². The molecule has 1 heterocycles. The second-order valence-corrected chi connectivity index (χ2v) is 6.89. The number of benzene rings is 1. The van der Waals surface area contributed by atoms with E-state index >= 15 is 0 Å². The van der Waals surface area contributed by atoms with Crippen LogP contribution in [0.1, 0.15) is 19.4 Å². The van der Waals surface area contributed by atoms with Gasteiger partial charge in [-0.2, -0.15) is 0 Å². The maximum atomic E-state index is 5.72. The number of para-hydroxylation sites is 1. The molecule has 1 aliphatic heterocycles. The lowest BCUT2D eigenvalue weighted by Gasteiger charge is -2.30. The van der Waals surface area contributed by atoms with Crippen molar-refractivity contribution in [2.75, 3.05) is 0 Å². The van der Waals surface area contributed by atoms with Crippen LogP contribution in [0.2, 0.25) is 0 Å². The van der Waals surface area contributed by atoms with Gasteiger partial charge in [-0.1, -0.05) is 18.2 Å². The van der Waals surface area contributed by atoms with Crippen LogP contribution >= 0.6 is 6.64 Å². The van der Waals surface area contributed by atoms with E-state index in [4.69, 9.17) is 20.9 Å². The Morgan fingerprint density at radius 2 is 2.13 bits per heavy atom. The van der Waals surface area contributed by atoms with Crippen LogP contribution in [0.3, 0.4) is 0 Å². The second-order valence-electron chi connectivity index (χ2n) is 3.75. The van der Waals surface area contributed by atoms with Gasteiger partial charge in [0, 0.05) is 11.6 Å². The van der Waals surface area contributed by atoms with Crippen molar-refractivity contribution in [1.82, 2.24) is 5.09 Å². The highest BCUT2D eigenvalue weighted by Gasteiger charge is 2.27. The quantitative estimate of drug-likeness (QED) is 0.809. The molecule has 2 rings (SSSR count). The molecule has 0 saturated heterocycles. The first-order valence-corrected chi connectivity index (χ1v) is 7.53. The first-order valence-electron chi connectivity index (χ1n) is 4.89. The number of fused-ring (bicyclic) bond motifs is 1. The van der Waals surface area contributed by atoms with Crippen LogP contribution in [0.15, 0.2) is 24.3 Å². The first-order chi connectivity index (χ1) is 7.09. The Hall–Kier alpha value is -0.410. The van der Waals surface area contributed by atoms with E-state index < -0.39 is 6.64 Å². The van der Waals surface area contributed by atoms with Crippen molar-refractivity contribution in [3.8, 4) is 5.75 Å². The van der Waals surface area contributed by atoms with Crippen molar-refractivity contribution in [2.24, 2.45) is 0 Å². The lowest BCUT2D eigenvalue weighted by molar-refractivity contribution is 0.265. The fraction of sp³-hybridized carbons (Fsp3) is 0.400. The molecule has 1 aromatic rings. The van der Waals surface area contributed by atoms with E-state index in [0.717, 1.165) is 11.3 Å². The molecule has 1 aliphatic rings. The fourth-order valence-electron chi connectivity index (χ4n) is 1.40. The van der Waals surface area contributed by atoms with Gasteiger partial charge in [0.15, 0.2) is 0 Å². The summed E-state index contributed by atoms with van der Waals surface area (Å²) >= 11 is 5.36. The fourth-order valence-corrected chi connectivity index (χ4v) is 3.99. The number of nitrogens with one attached hydrogen (secondary N) is 1. The molecule has 1 unspecified atom stereocenters. The van der Waals surface area contributed by atoms with Gasteiger partial charge >= 0.3 is 6.64 Å². The third kappa shape index (κ3) is 2.58. The summed E-state index contributed by atoms with van der Waals surface area (Å²) < 4.78 is 11.3. The molecule has 0 aromatic heterocycles. The summed E-state index contributed by atoms with van der Waals surface area (Å²) in [6.07, 6.45) is 0. The Balaban J connectivity index is 2.21. The minimum absolute atomic E-state index is 0.265. The van der Waals surface area contributed by atoms with Gasteiger partial charge in [0.25, 0.3) is 0 Å². The number of rotatable bonds is 2. The van der Waals surface area contributed by atoms with Gasteiger partial charge in [-0.25, -0.2) is 5.09 Å².